The summed E-state index contributed by atoms with van der Waals surface area (Å²) in [6, 6.07) is 7.84. The maximum Gasteiger partial charge on any atom is 0.0458 e. The maximum atomic E-state index is 6.00. The molecular weight excluding hydrogens is 217 g/mol. The lowest BCUT2D eigenvalue weighted by Gasteiger charge is -2.09. The van der Waals surface area contributed by atoms with Crippen molar-refractivity contribution in [2.75, 3.05) is 6.54 Å². The summed E-state index contributed by atoms with van der Waals surface area (Å²) in [7, 11) is 0. The van der Waals surface area contributed by atoms with Crippen LogP contribution >= 0.6 is 23.2 Å². The van der Waals surface area contributed by atoms with Gasteiger partial charge in [-0.25, -0.2) is 0 Å². The molecule has 1 N–H and O–H groups in total. The van der Waals surface area contributed by atoms with Crippen molar-refractivity contribution in [1.82, 2.24) is 5.32 Å². The Morgan fingerprint density at radius 2 is 2.07 bits per heavy atom. The number of nitrogens with one attached hydrogen (secondary N) is 1. The second-order valence-corrected chi connectivity index (χ2v) is 4.25. The van der Waals surface area contributed by atoms with Crippen LogP contribution in [0, 0.1) is 0 Å². The lowest BCUT2D eigenvalue weighted by Crippen LogP contribution is -2.22. The van der Waals surface area contributed by atoms with Crippen LogP contribution in [-0.4, -0.2) is 11.9 Å². The van der Waals surface area contributed by atoms with Crippen LogP contribution in [-0.2, 0) is 6.54 Å². The summed E-state index contributed by atoms with van der Waals surface area (Å²) >= 11 is 12.0. The van der Waals surface area contributed by atoms with Crippen LogP contribution in [0.2, 0.25) is 5.02 Å². The number of hydrogen-bond acceptors (Lipinski definition) is 1. The van der Waals surface area contributed by atoms with Crippen LogP contribution in [0.15, 0.2) is 24.3 Å². The Bertz CT molecular complexity index is 276. The molecule has 0 saturated heterocycles. The smallest absolute Gasteiger partial charge is 0.0458 e. The second-order valence-electron chi connectivity index (χ2n) is 3.23. The van der Waals surface area contributed by atoms with E-state index in [-0.39, 0.29) is 5.38 Å². The van der Waals surface area contributed by atoms with E-state index in [1.807, 2.05) is 24.3 Å². The normalized spacial score (nSPS) is 12.8. The predicted molar refractivity (Wildman–Crippen MR) is 63.1 cm³/mol. The Balaban J connectivity index is 2.35. The molecule has 14 heavy (non-hydrogen) atoms. The topological polar surface area (TPSA) is 12.0 Å². The summed E-state index contributed by atoms with van der Waals surface area (Å²) in [5.41, 5.74) is 1.12. The lowest BCUT2D eigenvalue weighted by molar-refractivity contribution is 0.647. The number of alkyl halides is 1. The van der Waals surface area contributed by atoms with Crippen molar-refractivity contribution in [3.63, 3.8) is 0 Å². The molecular formula is C11H15Cl2N. The average Bonchev–Trinajstić information content (AvgIpc) is 2.20. The molecule has 1 rings (SSSR count). The van der Waals surface area contributed by atoms with Crippen LogP contribution in [0.3, 0.4) is 0 Å². The second kappa shape index (κ2) is 6.28. The van der Waals surface area contributed by atoms with Crippen LogP contribution in [0.4, 0.5) is 0 Å². The molecule has 1 nitrogen and oxygen atoms in total. The number of halogens is 2. The number of rotatable bonds is 5. The molecule has 0 aliphatic rings. The van der Waals surface area contributed by atoms with Gasteiger partial charge in [0.25, 0.3) is 0 Å². The molecule has 0 aliphatic carbocycles. The minimum atomic E-state index is 0.206. The third-order valence-corrected chi connectivity index (χ3v) is 2.91. The predicted octanol–water partition coefficient (Wildman–Crippen LogP) is 3.45. The van der Waals surface area contributed by atoms with E-state index in [2.05, 4.69) is 12.2 Å². The zero-order chi connectivity index (χ0) is 10.4. The first-order valence-electron chi connectivity index (χ1n) is 4.82. The molecule has 0 saturated carbocycles. The molecule has 1 unspecified atom stereocenters. The van der Waals surface area contributed by atoms with Crippen LogP contribution in [0.1, 0.15) is 18.9 Å². The Labute approximate surface area is 95.4 Å². The standard InChI is InChI=1S/C11H15Cl2N/c1-2-10(12)8-14-7-9-5-3-4-6-11(9)13/h3-6,10,14H,2,7-8H2,1H3. The molecule has 0 fully saturated rings. The molecule has 0 heterocycles. The Hall–Kier alpha value is -0.240. The summed E-state index contributed by atoms with van der Waals surface area (Å²) < 4.78 is 0. The van der Waals surface area contributed by atoms with Gasteiger partial charge in [-0.1, -0.05) is 36.7 Å². The first-order valence-corrected chi connectivity index (χ1v) is 5.63. The third-order valence-electron chi connectivity index (χ3n) is 2.08. The fraction of sp³-hybridized carbons (Fsp3) is 0.455. The number of hydrogen-bond donors (Lipinski definition) is 1. The minimum absolute atomic E-state index is 0.206. The molecule has 0 amide bonds. The van der Waals surface area contributed by atoms with Crippen molar-refractivity contribution in [3.8, 4) is 0 Å². The quantitative estimate of drug-likeness (QED) is 0.766. The van der Waals surface area contributed by atoms with E-state index in [1.54, 1.807) is 0 Å². The van der Waals surface area contributed by atoms with Gasteiger partial charge >= 0.3 is 0 Å². The van der Waals surface area contributed by atoms with Gasteiger partial charge in [-0.3, -0.25) is 0 Å². The monoisotopic (exact) mass is 231 g/mol. The summed E-state index contributed by atoms with van der Waals surface area (Å²) in [6.07, 6.45) is 0.983. The highest BCUT2D eigenvalue weighted by Gasteiger charge is 2.01. The minimum Gasteiger partial charge on any atom is -0.311 e. The van der Waals surface area contributed by atoms with Crippen LogP contribution in [0.5, 0.6) is 0 Å². The van der Waals surface area contributed by atoms with Gasteiger partial charge in [-0.15, -0.1) is 11.6 Å². The van der Waals surface area contributed by atoms with E-state index in [0.717, 1.165) is 30.1 Å². The summed E-state index contributed by atoms with van der Waals surface area (Å²) in [6.45, 7) is 3.68. The van der Waals surface area contributed by atoms with Crippen molar-refractivity contribution >= 4 is 23.2 Å². The van der Waals surface area contributed by atoms with Gasteiger partial charge in [0, 0.05) is 23.5 Å². The molecule has 1 aromatic carbocycles. The van der Waals surface area contributed by atoms with E-state index in [0.29, 0.717) is 0 Å². The van der Waals surface area contributed by atoms with E-state index in [9.17, 15) is 0 Å². The first-order chi connectivity index (χ1) is 6.74. The summed E-state index contributed by atoms with van der Waals surface area (Å²) in [5.74, 6) is 0. The molecule has 0 spiro atoms. The summed E-state index contributed by atoms with van der Waals surface area (Å²) in [4.78, 5) is 0. The molecule has 1 atom stereocenters. The molecule has 78 valence electrons. The highest BCUT2D eigenvalue weighted by atomic mass is 35.5. The van der Waals surface area contributed by atoms with Crippen LogP contribution in [0.25, 0.3) is 0 Å². The molecule has 0 aliphatic heterocycles. The van der Waals surface area contributed by atoms with Crippen molar-refractivity contribution in [2.24, 2.45) is 0 Å². The van der Waals surface area contributed by atoms with Gasteiger partial charge in [-0.05, 0) is 18.1 Å². The molecule has 1 aromatic rings. The van der Waals surface area contributed by atoms with Gasteiger partial charge in [0.2, 0.25) is 0 Å². The van der Waals surface area contributed by atoms with Crippen molar-refractivity contribution in [1.29, 1.82) is 0 Å². The molecule has 3 heteroatoms. The van der Waals surface area contributed by atoms with Crippen molar-refractivity contribution in [3.05, 3.63) is 34.9 Å². The number of benzene rings is 1. The molecule has 0 radical (unpaired) electrons. The fourth-order valence-corrected chi connectivity index (χ4v) is 1.46. The van der Waals surface area contributed by atoms with Gasteiger partial charge in [0.05, 0.1) is 0 Å². The Morgan fingerprint density at radius 1 is 1.36 bits per heavy atom. The van der Waals surface area contributed by atoms with Gasteiger partial charge in [0.15, 0.2) is 0 Å². The Kier molecular flexibility index (Phi) is 5.31. The maximum absolute atomic E-state index is 6.00. The van der Waals surface area contributed by atoms with Gasteiger partial charge < -0.3 is 5.32 Å². The third kappa shape index (κ3) is 3.87. The van der Waals surface area contributed by atoms with E-state index >= 15 is 0 Å². The van der Waals surface area contributed by atoms with E-state index in [4.69, 9.17) is 23.2 Å². The zero-order valence-corrected chi connectivity index (χ0v) is 9.78. The average molecular weight is 232 g/mol. The zero-order valence-electron chi connectivity index (χ0n) is 8.26. The van der Waals surface area contributed by atoms with Crippen molar-refractivity contribution in [2.45, 2.75) is 25.3 Å². The highest BCUT2D eigenvalue weighted by Crippen LogP contribution is 2.14. The van der Waals surface area contributed by atoms with Crippen LogP contribution < -0.4 is 5.32 Å². The van der Waals surface area contributed by atoms with E-state index in [1.165, 1.54) is 0 Å². The summed E-state index contributed by atoms with van der Waals surface area (Å²) in [5, 5.41) is 4.29. The van der Waals surface area contributed by atoms with E-state index < -0.39 is 0 Å². The SMILES string of the molecule is CCC(Cl)CNCc1ccccc1Cl. The van der Waals surface area contributed by atoms with Gasteiger partial charge in [0.1, 0.15) is 0 Å². The largest absolute Gasteiger partial charge is 0.311 e. The molecule has 0 aromatic heterocycles. The van der Waals surface area contributed by atoms with Gasteiger partial charge in [-0.2, -0.15) is 0 Å². The lowest BCUT2D eigenvalue weighted by atomic mass is 10.2. The first kappa shape index (κ1) is 11.8. The fourth-order valence-electron chi connectivity index (χ4n) is 1.15. The highest BCUT2D eigenvalue weighted by molar-refractivity contribution is 6.31. The molecule has 0 bridgehead atoms. The Morgan fingerprint density at radius 3 is 2.71 bits per heavy atom. The van der Waals surface area contributed by atoms with Crippen molar-refractivity contribution < 1.29 is 0 Å².